The van der Waals surface area contributed by atoms with Crippen LogP contribution in [0.2, 0.25) is 0 Å². The minimum atomic E-state index is -0.0498. The van der Waals surface area contributed by atoms with Gasteiger partial charge in [0.05, 0.1) is 0 Å². The molecule has 0 unspecified atom stereocenters. The molecular weight excluding hydrogens is 560 g/mol. The molecule has 1 aliphatic rings. The summed E-state index contributed by atoms with van der Waals surface area (Å²) in [7, 11) is 0. The topological polar surface area (TPSA) is 185 Å². The molecule has 0 spiro atoms. The SMILES string of the molecule is C1OCOCOCOCOCOCOCOCOCOCOCOCOCOCOCOCOCOCOCO1. The molecule has 0 amide bonds. The summed E-state index contributed by atoms with van der Waals surface area (Å²) in [6, 6.07) is 0. The standard InChI is InChI=1S/C20H40O20/c1-21-2-23-4-25-6-27-8-29-10-31-12-33-14-35-16-37-18-39-20-40-19-38-17-36-15-34-13-32-11-30-9-28-7-26-5-24-3-22-1/h1-20H2. The minimum absolute atomic E-state index is 0.0498. The highest BCUT2D eigenvalue weighted by Gasteiger charge is 1.96. The van der Waals surface area contributed by atoms with E-state index in [0.717, 1.165) is 0 Å². The molecule has 20 heteroatoms. The Morgan fingerprint density at radius 3 is 0.200 bits per heavy atom. The predicted octanol–water partition coefficient (Wildman–Crippen LogP) is -0.518. The van der Waals surface area contributed by atoms with Gasteiger partial charge in [-0.05, 0) is 0 Å². The molecule has 20 nitrogen and oxygen atoms in total. The molecule has 1 saturated heterocycles. The second kappa shape index (κ2) is 34.4. The Morgan fingerprint density at radius 1 is 0.100 bits per heavy atom. The smallest absolute Gasteiger partial charge is 0.152 e. The lowest BCUT2D eigenvalue weighted by atomic mass is 11.2. The molecule has 40 heavy (non-hydrogen) atoms. The van der Waals surface area contributed by atoms with Crippen molar-refractivity contribution >= 4 is 0 Å². The summed E-state index contributed by atoms with van der Waals surface area (Å²) in [4.78, 5) is 0. The highest BCUT2D eigenvalue weighted by Crippen LogP contribution is 1.90. The Balaban J connectivity index is 2.00. The van der Waals surface area contributed by atoms with Gasteiger partial charge in [-0.2, -0.15) is 0 Å². The van der Waals surface area contributed by atoms with E-state index in [1.165, 1.54) is 0 Å². The van der Waals surface area contributed by atoms with Crippen LogP contribution in [0.25, 0.3) is 0 Å². The van der Waals surface area contributed by atoms with Gasteiger partial charge in [0.25, 0.3) is 0 Å². The molecule has 0 aromatic carbocycles. The Hall–Kier alpha value is -0.800. The van der Waals surface area contributed by atoms with E-state index in [9.17, 15) is 0 Å². The lowest BCUT2D eigenvalue weighted by Crippen LogP contribution is -2.14. The Morgan fingerprint density at radius 2 is 0.150 bits per heavy atom. The van der Waals surface area contributed by atoms with Crippen molar-refractivity contribution in [1.82, 2.24) is 0 Å². The molecule has 0 aromatic heterocycles. The zero-order chi connectivity index (χ0) is 28.3. The summed E-state index contributed by atoms with van der Waals surface area (Å²) < 4.78 is 101. The first kappa shape index (κ1) is 37.2. The van der Waals surface area contributed by atoms with Gasteiger partial charge >= 0.3 is 0 Å². The highest BCUT2D eigenvalue weighted by atomic mass is 16.9. The largest absolute Gasteiger partial charge is 0.329 e. The van der Waals surface area contributed by atoms with Crippen molar-refractivity contribution < 1.29 is 94.7 Å². The van der Waals surface area contributed by atoms with Gasteiger partial charge in [0.15, 0.2) is 136 Å². The van der Waals surface area contributed by atoms with Gasteiger partial charge < -0.3 is 94.7 Å². The third-order valence-electron chi connectivity index (χ3n) is 3.33. The maximum absolute atomic E-state index is 5.05. The normalized spacial score (nSPS) is 24.0. The van der Waals surface area contributed by atoms with Crippen molar-refractivity contribution in [3.63, 3.8) is 0 Å². The second-order valence-corrected chi connectivity index (χ2v) is 6.44. The van der Waals surface area contributed by atoms with Crippen LogP contribution in [-0.2, 0) is 94.7 Å². The molecule has 0 aliphatic carbocycles. The highest BCUT2D eigenvalue weighted by molar-refractivity contribution is 4.12. The van der Waals surface area contributed by atoms with Crippen LogP contribution in [0.3, 0.4) is 0 Å². The third kappa shape index (κ3) is 31.7. The van der Waals surface area contributed by atoms with Crippen LogP contribution in [-0.4, -0.2) is 136 Å². The van der Waals surface area contributed by atoms with E-state index >= 15 is 0 Å². The quantitative estimate of drug-likeness (QED) is 0.345. The van der Waals surface area contributed by atoms with E-state index in [0.29, 0.717) is 0 Å². The van der Waals surface area contributed by atoms with Gasteiger partial charge in [-0.3, -0.25) is 0 Å². The number of rotatable bonds is 0. The fourth-order valence-electron chi connectivity index (χ4n) is 1.86. The lowest BCUT2D eigenvalue weighted by Gasteiger charge is -2.10. The van der Waals surface area contributed by atoms with Crippen LogP contribution >= 0.6 is 0 Å². The van der Waals surface area contributed by atoms with Crippen LogP contribution in [0.1, 0.15) is 0 Å². The van der Waals surface area contributed by atoms with Crippen LogP contribution in [0.15, 0.2) is 0 Å². The maximum atomic E-state index is 5.05. The number of ether oxygens (including phenoxy) is 20. The summed E-state index contributed by atoms with van der Waals surface area (Å²) in [6.45, 7) is -0.995. The lowest BCUT2D eigenvalue weighted by molar-refractivity contribution is -0.246. The predicted molar refractivity (Wildman–Crippen MR) is 119 cm³/mol. The zero-order valence-corrected chi connectivity index (χ0v) is 22.3. The minimum Gasteiger partial charge on any atom is -0.329 e. The zero-order valence-electron chi connectivity index (χ0n) is 22.3. The summed E-state index contributed by atoms with van der Waals surface area (Å²) in [5.41, 5.74) is 0. The fraction of sp³-hybridized carbons (Fsp3) is 1.00. The fourth-order valence-corrected chi connectivity index (χ4v) is 1.86. The molecular formula is C20H40O20. The Labute approximate surface area is 231 Å². The van der Waals surface area contributed by atoms with Crippen LogP contribution < -0.4 is 0 Å². The molecule has 0 radical (unpaired) electrons. The van der Waals surface area contributed by atoms with Gasteiger partial charge in [0.2, 0.25) is 0 Å². The van der Waals surface area contributed by atoms with E-state index < -0.39 is 0 Å². The van der Waals surface area contributed by atoms with Gasteiger partial charge in [0.1, 0.15) is 0 Å². The van der Waals surface area contributed by atoms with E-state index in [2.05, 4.69) is 0 Å². The van der Waals surface area contributed by atoms with E-state index in [1.807, 2.05) is 0 Å². The molecule has 1 fully saturated rings. The van der Waals surface area contributed by atoms with Crippen molar-refractivity contribution in [2.75, 3.05) is 136 Å². The molecule has 1 heterocycles. The Bertz CT molecular complexity index is 253. The van der Waals surface area contributed by atoms with Crippen molar-refractivity contribution in [3.05, 3.63) is 0 Å². The summed E-state index contributed by atoms with van der Waals surface area (Å²) in [6.07, 6.45) is 0. The van der Waals surface area contributed by atoms with Crippen molar-refractivity contribution in [2.45, 2.75) is 0 Å². The van der Waals surface area contributed by atoms with Gasteiger partial charge in [-0.25, -0.2) is 0 Å². The molecule has 0 aromatic rings. The maximum Gasteiger partial charge on any atom is 0.152 e. The molecule has 240 valence electrons. The Kier molecular flexibility index (Phi) is 32.0. The van der Waals surface area contributed by atoms with E-state index in [-0.39, 0.29) is 136 Å². The molecule has 0 atom stereocenters. The molecule has 0 saturated carbocycles. The van der Waals surface area contributed by atoms with Crippen LogP contribution in [0.4, 0.5) is 0 Å². The van der Waals surface area contributed by atoms with Gasteiger partial charge in [0, 0.05) is 0 Å². The van der Waals surface area contributed by atoms with Crippen molar-refractivity contribution in [1.29, 1.82) is 0 Å². The van der Waals surface area contributed by atoms with Gasteiger partial charge in [-0.15, -0.1) is 0 Å². The van der Waals surface area contributed by atoms with Crippen LogP contribution in [0, 0.1) is 0 Å². The first-order chi connectivity index (χ1) is 20.0. The van der Waals surface area contributed by atoms with Crippen LogP contribution in [0.5, 0.6) is 0 Å². The number of hydrogen-bond donors (Lipinski definition) is 0. The first-order valence-electron chi connectivity index (χ1n) is 11.5. The first-order valence-corrected chi connectivity index (χ1v) is 11.5. The van der Waals surface area contributed by atoms with Gasteiger partial charge in [-0.1, -0.05) is 0 Å². The second-order valence-electron chi connectivity index (χ2n) is 6.44. The average molecular weight is 601 g/mol. The van der Waals surface area contributed by atoms with E-state index in [1.54, 1.807) is 0 Å². The monoisotopic (exact) mass is 600 g/mol. The summed E-state index contributed by atoms with van der Waals surface area (Å²) in [5.74, 6) is 0. The third-order valence-corrected chi connectivity index (χ3v) is 3.33. The van der Waals surface area contributed by atoms with Crippen molar-refractivity contribution in [3.8, 4) is 0 Å². The summed E-state index contributed by atoms with van der Waals surface area (Å²) >= 11 is 0. The average Bonchev–Trinajstić information content (AvgIpc) is 2.97. The van der Waals surface area contributed by atoms with E-state index in [4.69, 9.17) is 94.7 Å². The molecule has 1 rings (SSSR count). The molecule has 1 aliphatic heterocycles. The number of hydrogen-bond acceptors (Lipinski definition) is 20. The summed E-state index contributed by atoms with van der Waals surface area (Å²) in [5, 5.41) is 0. The molecule has 0 N–H and O–H groups in total. The van der Waals surface area contributed by atoms with Crippen molar-refractivity contribution in [2.24, 2.45) is 0 Å². The molecule has 0 bridgehead atoms.